The van der Waals surface area contributed by atoms with Gasteiger partial charge in [-0.25, -0.2) is 0 Å². The van der Waals surface area contributed by atoms with Gasteiger partial charge in [0.15, 0.2) is 0 Å². The van der Waals surface area contributed by atoms with Crippen molar-refractivity contribution in [1.29, 1.82) is 0 Å². The highest BCUT2D eigenvalue weighted by Gasteiger charge is 2.27. The van der Waals surface area contributed by atoms with E-state index in [1.165, 1.54) is 31.2 Å². The number of carbonyl (C=O) groups excluding carboxylic acids is 1. The summed E-state index contributed by atoms with van der Waals surface area (Å²) in [5, 5.41) is 9.11. The van der Waals surface area contributed by atoms with Crippen molar-refractivity contribution in [3.63, 3.8) is 0 Å². The molecule has 4 nitrogen and oxygen atoms in total. The third kappa shape index (κ3) is 4.81. The van der Waals surface area contributed by atoms with E-state index in [4.69, 9.17) is 5.11 Å². The zero-order chi connectivity index (χ0) is 16.8. The molecule has 0 aliphatic carbocycles. The molecule has 2 aliphatic rings. The number of nitrogens with zero attached hydrogens (tertiary/aromatic N) is 2. The van der Waals surface area contributed by atoms with Crippen molar-refractivity contribution in [3.05, 3.63) is 35.4 Å². The van der Waals surface area contributed by atoms with Crippen LogP contribution in [0.2, 0.25) is 0 Å². The summed E-state index contributed by atoms with van der Waals surface area (Å²) in [7, 11) is 0. The molecule has 0 unspecified atom stereocenters. The molecular formula is C20H30N2O2. The zero-order valence-electron chi connectivity index (χ0n) is 14.6. The molecule has 2 heterocycles. The van der Waals surface area contributed by atoms with Crippen LogP contribution in [0.3, 0.4) is 0 Å². The Kier molecular flexibility index (Phi) is 6.27. The van der Waals surface area contributed by atoms with Crippen molar-refractivity contribution in [3.8, 4) is 0 Å². The largest absolute Gasteiger partial charge is 0.392 e. The Labute approximate surface area is 145 Å². The predicted molar refractivity (Wildman–Crippen MR) is 95.7 cm³/mol. The Morgan fingerprint density at radius 3 is 2.33 bits per heavy atom. The summed E-state index contributed by atoms with van der Waals surface area (Å²) in [5.41, 5.74) is 2.26. The maximum Gasteiger partial charge on any atom is 0.236 e. The van der Waals surface area contributed by atoms with Crippen molar-refractivity contribution in [2.75, 3.05) is 32.7 Å². The number of aliphatic hydroxyl groups excluding tert-OH is 1. The average Bonchev–Trinajstić information content (AvgIpc) is 2.92. The molecule has 4 heteroatoms. The molecular weight excluding hydrogens is 300 g/mol. The molecule has 2 aliphatic heterocycles. The van der Waals surface area contributed by atoms with Crippen LogP contribution in [0.1, 0.15) is 43.2 Å². The summed E-state index contributed by atoms with van der Waals surface area (Å²) in [4.78, 5) is 17.0. The van der Waals surface area contributed by atoms with Crippen LogP contribution in [-0.2, 0) is 17.8 Å². The minimum atomic E-state index is 0.0997. The molecule has 0 radical (unpaired) electrons. The van der Waals surface area contributed by atoms with Gasteiger partial charge in [0.25, 0.3) is 0 Å². The highest BCUT2D eigenvalue weighted by Crippen LogP contribution is 2.22. The summed E-state index contributed by atoms with van der Waals surface area (Å²) in [6.07, 6.45) is 7.23. The van der Waals surface area contributed by atoms with E-state index in [0.29, 0.717) is 18.4 Å². The Morgan fingerprint density at radius 1 is 1.00 bits per heavy atom. The first-order valence-corrected chi connectivity index (χ1v) is 9.43. The van der Waals surface area contributed by atoms with Gasteiger partial charge in [-0.3, -0.25) is 9.69 Å². The fourth-order valence-corrected chi connectivity index (χ4v) is 3.93. The van der Waals surface area contributed by atoms with Gasteiger partial charge in [-0.1, -0.05) is 37.1 Å². The van der Waals surface area contributed by atoms with Crippen molar-refractivity contribution in [2.45, 2.75) is 45.1 Å². The fraction of sp³-hybridized carbons (Fsp3) is 0.650. The standard InChI is InChI=1S/C20H30N2O2/c23-16-18-7-5-17(6-8-18)13-19-9-12-22(14-19)20(24)15-21-10-3-1-2-4-11-21/h5-8,19,23H,1-4,9-16H2/t19-/m1/s1. The highest BCUT2D eigenvalue weighted by molar-refractivity contribution is 5.78. The van der Waals surface area contributed by atoms with E-state index in [0.717, 1.165) is 44.6 Å². The van der Waals surface area contributed by atoms with Crippen LogP contribution >= 0.6 is 0 Å². The smallest absolute Gasteiger partial charge is 0.236 e. The Hall–Kier alpha value is -1.39. The molecule has 0 aromatic heterocycles. The lowest BCUT2D eigenvalue weighted by Gasteiger charge is -2.23. The monoisotopic (exact) mass is 330 g/mol. The molecule has 2 saturated heterocycles. The average molecular weight is 330 g/mol. The summed E-state index contributed by atoms with van der Waals surface area (Å²) >= 11 is 0. The van der Waals surface area contributed by atoms with E-state index in [2.05, 4.69) is 21.9 Å². The van der Waals surface area contributed by atoms with Crippen LogP contribution < -0.4 is 0 Å². The number of hydrogen-bond acceptors (Lipinski definition) is 3. The van der Waals surface area contributed by atoms with Crippen molar-refractivity contribution in [2.24, 2.45) is 5.92 Å². The molecule has 1 N–H and O–H groups in total. The number of rotatable bonds is 5. The van der Waals surface area contributed by atoms with Crippen molar-refractivity contribution >= 4 is 5.91 Å². The normalized spacial score (nSPS) is 22.5. The third-order valence-corrected chi connectivity index (χ3v) is 5.43. The van der Waals surface area contributed by atoms with Crippen LogP contribution in [0.4, 0.5) is 0 Å². The molecule has 0 bridgehead atoms. The van der Waals surface area contributed by atoms with Gasteiger partial charge in [-0.15, -0.1) is 0 Å². The van der Waals surface area contributed by atoms with Gasteiger partial charge in [-0.2, -0.15) is 0 Å². The predicted octanol–water partition coefficient (Wildman–Crippen LogP) is 2.45. The molecule has 2 fully saturated rings. The van der Waals surface area contributed by atoms with Gasteiger partial charge >= 0.3 is 0 Å². The van der Waals surface area contributed by atoms with Gasteiger partial charge < -0.3 is 10.0 Å². The third-order valence-electron chi connectivity index (χ3n) is 5.43. The first-order chi connectivity index (χ1) is 11.7. The van der Waals surface area contributed by atoms with Crippen molar-refractivity contribution in [1.82, 2.24) is 9.80 Å². The Balaban J connectivity index is 1.46. The van der Waals surface area contributed by atoms with Gasteiger partial charge in [0.1, 0.15) is 0 Å². The molecule has 1 aromatic rings. The molecule has 0 saturated carbocycles. The molecule has 1 amide bonds. The molecule has 0 spiro atoms. The number of amides is 1. The van der Waals surface area contributed by atoms with E-state index >= 15 is 0 Å². The first kappa shape index (κ1) is 17.4. The van der Waals surface area contributed by atoms with Gasteiger partial charge in [0.05, 0.1) is 13.2 Å². The Morgan fingerprint density at radius 2 is 1.67 bits per heavy atom. The van der Waals surface area contributed by atoms with Crippen molar-refractivity contribution < 1.29 is 9.90 Å². The van der Waals surface area contributed by atoms with E-state index < -0.39 is 0 Å². The molecule has 3 rings (SSSR count). The summed E-state index contributed by atoms with van der Waals surface area (Å²) < 4.78 is 0. The number of hydrogen-bond donors (Lipinski definition) is 1. The van der Waals surface area contributed by atoms with Gasteiger partial charge in [0, 0.05) is 13.1 Å². The highest BCUT2D eigenvalue weighted by atomic mass is 16.3. The lowest BCUT2D eigenvalue weighted by atomic mass is 9.98. The lowest BCUT2D eigenvalue weighted by Crippen LogP contribution is -2.39. The Bertz CT molecular complexity index is 521. The van der Waals surface area contributed by atoms with Crippen LogP contribution in [0.15, 0.2) is 24.3 Å². The maximum absolute atomic E-state index is 12.6. The second kappa shape index (κ2) is 8.63. The van der Waals surface area contributed by atoms with Crippen LogP contribution in [0, 0.1) is 5.92 Å². The van der Waals surface area contributed by atoms with Crippen LogP contribution in [0.5, 0.6) is 0 Å². The van der Waals surface area contributed by atoms with Crippen LogP contribution in [-0.4, -0.2) is 53.5 Å². The second-order valence-corrected chi connectivity index (χ2v) is 7.36. The SMILES string of the molecule is O=C(CN1CCCCCC1)N1CC[C@H](Cc2ccc(CO)cc2)C1. The quantitative estimate of drug-likeness (QED) is 0.902. The summed E-state index contributed by atoms with van der Waals surface area (Å²) in [6.45, 7) is 4.68. The van der Waals surface area contributed by atoms with Gasteiger partial charge in [0.2, 0.25) is 5.91 Å². The number of aliphatic hydroxyl groups is 1. The number of benzene rings is 1. The summed E-state index contributed by atoms with van der Waals surface area (Å²) in [6, 6.07) is 8.19. The zero-order valence-corrected chi connectivity index (χ0v) is 14.6. The minimum absolute atomic E-state index is 0.0997. The van der Waals surface area contributed by atoms with Gasteiger partial charge in [-0.05, 0) is 55.8 Å². The number of carbonyl (C=O) groups is 1. The lowest BCUT2D eigenvalue weighted by molar-refractivity contribution is -0.131. The van der Waals surface area contributed by atoms with E-state index in [9.17, 15) is 4.79 Å². The maximum atomic E-state index is 12.6. The fourth-order valence-electron chi connectivity index (χ4n) is 3.93. The first-order valence-electron chi connectivity index (χ1n) is 9.43. The molecule has 1 aromatic carbocycles. The van der Waals surface area contributed by atoms with Crippen LogP contribution in [0.25, 0.3) is 0 Å². The topological polar surface area (TPSA) is 43.8 Å². The number of likely N-dealkylation sites (tertiary alicyclic amines) is 2. The van der Waals surface area contributed by atoms with E-state index in [-0.39, 0.29) is 6.61 Å². The second-order valence-electron chi connectivity index (χ2n) is 7.36. The molecule has 1 atom stereocenters. The van der Waals surface area contributed by atoms with E-state index in [1.54, 1.807) is 0 Å². The van der Waals surface area contributed by atoms with E-state index in [1.807, 2.05) is 12.1 Å². The minimum Gasteiger partial charge on any atom is -0.392 e. The molecule has 24 heavy (non-hydrogen) atoms. The summed E-state index contributed by atoms with van der Waals surface area (Å²) in [5.74, 6) is 0.882. The molecule has 132 valence electrons.